The molecule has 1 N–H and O–H groups in total. The Morgan fingerprint density at radius 1 is 1.30 bits per heavy atom. The number of aromatic nitrogens is 2. The van der Waals surface area contributed by atoms with Crippen LogP contribution in [0.3, 0.4) is 0 Å². The van der Waals surface area contributed by atoms with E-state index in [9.17, 15) is 0 Å². The summed E-state index contributed by atoms with van der Waals surface area (Å²) in [6, 6.07) is 6.39. The van der Waals surface area contributed by atoms with Crippen molar-refractivity contribution in [1.29, 1.82) is 0 Å². The summed E-state index contributed by atoms with van der Waals surface area (Å²) < 4.78 is 11.2. The second-order valence-electron chi connectivity index (χ2n) is 5.80. The number of H-pyrrole nitrogens is 1. The molecule has 2 heterocycles. The smallest absolute Gasteiger partial charge is 0.161 e. The molecule has 0 radical (unpaired) electrons. The van der Waals surface area contributed by atoms with Crippen LogP contribution in [0.5, 0.6) is 11.5 Å². The van der Waals surface area contributed by atoms with Crippen molar-refractivity contribution < 1.29 is 9.47 Å². The number of benzene rings is 1. The highest BCUT2D eigenvalue weighted by molar-refractivity contribution is 5.46. The van der Waals surface area contributed by atoms with E-state index < -0.39 is 0 Å². The van der Waals surface area contributed by atoms with Gasteiger partial charge >= 0.3 is 0 Å². The fourth-order valence-corrected chi connectivity index (χ4v) is 3.35. The maximum atomic E-state index is 5.75. The molecular weight excluding hydrogens is 290 g/mol. The Morgan fingerprint density at radius 2 is 2.17 bits per heavy atom. The van der Waals surface area contributed by atoms with E-state index in [1.165, 1.54) is 11.3 Å². The molecule has 2 aromatic rings. The Hall–Kier alpha value is -2.01. The summed E-state index contributed by atoms with van der Waals surface area (Å²) in [6.45, 7) is 6.94. The number of fused-ring (bicyclic) bond motifs is 1. The predicted molar refractivity (Wildman–Crippen MR) is 90.2 cm³/mol. The Bertz CT molecular complexity index is 653. The van der Waals surface area contributed by atoms with Crippen molar-refractivity contribution in [3.63, 3.8) is 0 Å². The quantitative estimate of drug-likeness (QED) is 0.889. The standard InChI is InChI=1S/C18H25N3O2/c1-4-9-21-10-8-14-17(20-12-19-14)18(21)13-6-7-15(22-3)16(11-13)23-5-2/h6-7,11-12,18H,4-5,8-10H2,1-3H3,(H,19,20). The Labute approximate surface area is 137 Å². The third kappa shape index (κ3) is 3.06. The van der Waals surface area contributed by atoms with Crippen LogP contribution < -0.4 is 9.47 Å². The second-order valence-corrected chi connectivity index (χ2v) is 5.80. The van der Waals surface area contributed by atoms with Gasteiger partial charge in [-0.05, 0) is 37.6 Å². The maximum Gasteiger partial charge on any atom is 0.161 e. The summed E-state index contributed by atoms with van der Waals surface area (Å²) in [5.41, 5.74) is 3.59. The van der Waals surface area contributed by atoms with Crippen molar-refractivity contribution in [3.05, 3.63) is 41.5 Å². The van der Waals surface area contributed by atoms with E-state index in [0.717, 1.165) is 43.1 Å². The summed E-state index contributed by atoms with van der Waals surface area (Å²) in [5.74, 6) is 1.57. The van der Waals surface area contributed by atoms with Crippen molar-refractivity contribution in [1.82, 2.24) is 14.9 Å². The predicted octanol–water partition coefficient (Wildman–Crippen LogP) is 3.17. The van der Waals surface area contributed by atoms with E-state index in [1.54, 1.807) is 13.4 Å². The van der Waals surface area contributed by atoms with Crippen LogP contribution in [0.25, 0.3) is 0 Å². The van der Waals surface area contributed by atoms with Gasteiger partial charge in [0.15, 0.2) is 11.5 Å². The number of nitrogens with one attached hydrogen (secondary N) is 1. The number of imidazole rings is 1. The van der Waals surface area contributed by atoms with Gasteiger partial charge in [0.1, 0.15) is 0 Å². The van der Waals surface area contributed by atoms with E-state index in [1.807, 2.05) is 13.0 Å². The largest absolute Gasteiger partial charge is 0.493 e. The molecule has 1 atom stereocenters. The van der Waals surface area contributed by atoms with Gasteiger partial charge in [0.05, 0.1) is 31.8 Å². The number of hydrogen-bond donors (Lipinski definition) is 1. The first-order valence-electron chi connectivity index (χ1n) is 8.35. The van der Waals surface area contributed by atoms with Crippen LogP contribution in [0.1, 0.15) is 43.3 Å². The first-order chi connectivity index (χ1) is 11.3. The summed E-state index contributed by atoms with van der Waals surface area (Å²) in [5, 5.41) is 0. The minimum atomic E-state index is 0.176. The average molecular weight is 315 g/mol. The minimum Gasteiger partial charge on any atom is -0.493 e. The highest BCUT2D eigenvalue weighted by atomic mass is 16.5. The van der Waals surface area contributed by atoms with Crippen LogP contribution >= 0.6 is 0 Å². The van der Waals surface area contributed by atoms with Gasteiger partial charge in [0, 0.05) is 18.7 Å². The fourth-order valence-electron chi connectivity index (χ4n) is 3.35. The zero-order chi connectivity index (χ0) is 16.2. The molecular formula is C18H25N3O2. The second kappa shape index (κ2) is 7.04. The van der Waals surface area contributed by atoms with Gasteiger partial charge in [0.2, 0.25) is 0 Å². The molecule has 0 saturated carbocycles. The van der Waals surface area contributed by atoms with Crippen LogP contribution in [0.15, 0.2) is 24.5 Å². The van der Waals surface area contributed by atoms with Crippen molar-refractivity contribution >= 4 is 0 Å². The third-order valence-electron chi connectivity index (χ3n) is 4.34. The highest BCUT2D eigenvalue weighted by Crippen LogP contribution is 2.37. The number of rotatable bonds is 6. The molecule has 0 spiro atoms. The molecule has 23 heavy (non-hydrogen) atoms. The summed E-state index contributed by atoms with van der Waals surface area (Å²) in [7, 11) is 1.67. The first kappa shape index (κ1) is 15.9. The number of nitrogens with zero attached hydrogens (tertiary/aromatic N) is 2. The van der Waals surface area contributed by atoms with E-state index in [4.69, 9.17) is 9.47 Å². The monoisotopic (exact) mass is 315 g/mol. The molecule has 124 valence electrons. The molecule has 1 unspecified atom stereocenters. The van der Waals surface area contributed by atoms with E-state index in [2.05, 4.69) is 33.9 Å². The van der Waals surface area contributed by atoms with Crippen LogP contribution in [-0.2, 0) is 6.42 Å². The van der Waals surface area contributed by atoms with E-state index in [-0.39, 0.29) is 6.04 Å². The molecule has 5 heteroatoms. The third-order valence-corrected chi connectivity index (χ3v) is 4.34. The molecule has 1 aliphatic heterocycles. The lowest BCUT2D eigenvalue weighted by Crippen LogP contribution is -2.36. The Balaban J connectivity index is 2.02. The van der Waals surface area contributed by atoms with Crippen LogP contribution in [-0.4, -0.2) is 41.7 Å². The molecule has 0 bridgehead atoms. The molecule has 5 nitrogen and oxygen atoms in total. The van der Waals surface area contributed by atoms with Gasteiger partial charge in [-0.2, -0.15) is 0 Å². The lowest BCUT2D eigenvalue weighted by atomic mass is 9.95. The lowest BCUT2D eigenvalue weighted by molar-refractivity contribution is 0.209. The summed E-state index contributed by atoms with van der Waals surface area (Å²) in [4.78, 5) is 10.4. The first-order valence-corrected chi connectivity index (χ1v) is 8.35. The number of ether oxygens (including phenoxy) is 2. The minimum absolute atomic E-state index is 0.176. The fraction of sp³-hybridized carbons (Fsp3) is 0.500. The van der Waals surface area contributed by atoms with Crippen LogP contribution in [0.4, 0.5) is 0 Å². The number of aromatic amines is 1. The summed E-state index contributed by atoms with van der Waals surface area (Å²) >= 11 is 0. The van der Waals surface area contributed by atoms with Crippen LogP contribution in [0, 0.1) is 0 Å². The summed E-state index contributed by atoms with van der Waals surface area (Å²) in [6.07, 6.45) is 3.96. The van der Waals surface area contributed by atoms with Crippen molar-refractivity contribution in [2.45, 2.75) is 32.7 Å². The van der Waals surface area contributed by atoms with E-state index in [0.29, 0.717) is 6.61 Å². The normalized spacial score (nSPS) is 17.8. The van der Waals surface area contributed by atoms with Gasteiger partial charge in [0.25, 0.3) is 0 Å². The van der Waals surface area contributed by atoms with Gasteiger partial charge in [-0.25, -0.2) is 4.98 Å². The molecule has 1 aliphatic rings. The lowest BCUT2D eigenvalue weighted by Gasteiger charge is -2.35. The topological polar surface area (TPSA) is 50.4 Å². The molecule has 0 aliphatic carbocycles. The zero-order valence-electron chi connectivity index (χ0n) is 14.1. The molecule has 1 aromatic heterocycles. The molecule has 0 saturated heterocycles. The maximum absolute atomic E-state index is 5.75. The van der Waals surface area contributed by atoms with Gasteiger partial charge < -0.3 is 14.5 Å². The van der Waals surface area contributed by atoms with Gasteiger partial charge in [-0.3, -0.25) is 4.90 Å². The van der Waals surface area contributed by atoms with Gasteiger partial charge in [-0.1, -0.05) is 13.0 Å². The Morgan fingerprint density at radius 3 is 2.91 bits per heavy atom. The van der Waals surface area contributed by atoms with Crippen molar-refractivity contribution in [2.24, 2.45) is 0 Å². The van der Waals surface area contributed by atoms with Crippen molar-refractivity contribution in [3.8, 4) is 11.5 Å². The van der Waals surface area contributed by atoms with Gasteiger partial charge in [-0.15, -0.1) is 0 Å². The zero-order valence-corrected chi connectivity index (χ0v) is 14.1. The number of methoxy groups -OCH3 is 1. The molecule has 1 aromatic carbocycles. The molecule has 0 fully saturated rings. The highest BCUT2D eigenvalue weighted by Gasteiger charge is 2.30. The number of hydrogen-bond acceptors (Lipinski definition) is 4. The SMILES string of the molecule is CCCN1CCc2[nH]cnc2C1c1ccc(OC)c(OCC)c1. The van der Waals surface area contributed by atoms with E-state index >= 15 is 0 Å². The molecule has 3 rings (SSSR count). The van der Waals surface area contributed by atoms with Crippen LogP contribution in [0.2, 0.25) is 0 Å². The van der Waals surface area contributed by atoms with Crippen molar-refractivity contribution in [2.75, 3.05) is 26.8 Å². The Kier molecular flexibility index (Phi) is 4.86. The molecule has 0 amide bonds. The average Bonchev–Trinajstić information content (AvgIpc) is 3.04.